The smallest absolute Gasteiger partial charge is 0.261 e. The van der Waals surface area contributed by atoms with Crippen LogP contribution in [-0.4, -0.2) is 42.3 Å². The number of rotatable bonds is 6. The number of ketones is 1. The lowest BCUT2D eigenvalue weighted by Gasteiger charge is -2.33. The van der Waals surface area contributed by atoms with Gasteiger partial charge in [-0.25, -0.2) is 0 Å². The summed E-state index contributed by atoms with van der Waals surface area (Å²) >= 11 is 1.26. The van der Waals surface area contributed by atoms with Gasteiger partial charge in [-0.3, -0.25) is 9.59 Å². The van der Waals surface area contributed by atoms with Crippen LogP contribution in [0.3, 0.4) is 0 Å². The molecular weight excluding hydrogens is 284 g/mol. The van der Waals surface area contributed by atoms with Crippen molar-refractivity contribution in [3.05, 3.63) is 21.9 Å². The molecule has 1 amide bonds. The maximum Gasteiger partial charge on any atom is 0.261 e. The molecule has 1 atom stereocenters. The Balaban J connectivity index is 1.70. The van der Waals surface area contributed by atoms with E-state index in [2.05, 4.69) is 17.1 Å². The third-order valence-electron chi connectivity index (χ3n) is 4.03. The van der Waals surface area contributed by atoms with Gasteiger partial charge in [-0.05, 0) is 51.8 Å². The normalized spacial score (nSPS) is 19.4. The summed E-state index contributed by atoms with van der Waals surface area (Å²) in [6.45, 7) is 6.72. The number of carbonyl (C=O) groups excluding carboxylic acids is 2. The summed E-state index contributed by atoms with van der Waals surface area (Å²) in [5, 5.41) is 2.94. The first-order valence-electron chi connectivity index (χ1n) is 7.71. The fourth-order valence-electron chi connectivity index (χ4n) is 2.71. The van der Waals surface area contributed by atoms with E-state index in [9.17, 15) is 9.59 Å². The molecular formula is C16H24N2O2S. The van der Waals surface area contributed by atoms with Crippen molar-refractivity contribution >= 4 is 23.0 Å². The highest BCUT2D eigenvalue weighted by Crippen LogP contribution is 2.17. The van der Waals surface area contributed by atoms with E-state index in [0.717, 1.165) is 13.0 Å². The second-order valence-electron chi connectivity index (χ2n) is 5.71. The zero-order valence-electron chi connectivity index (χ0n) is 12.9. The molecule has 1 saturated heterocycles. The third kappa shape index (κ3) is 4.64. The number of amides is 1. The minimum absolute atomic E-state index is 0.0122. The summed E-state index contributed by atoms with van der Waals surface area (Å²) in [6.07, 6.45) is 4.89. The Bertz CT molecular complexity index is 498. The Hall–Kier alpha value is -1.20. The molecule has 1 fully saturated rings. The van der Waals surface area contributed by atoms with Crippen LogP contribution in [0.4, 0.5) is 0 Å². The standard InChI is InChI=1S/C16H24N2O2S/c1-12-6-3-4-10-18(12)11-5-9-17-16(20)15-8-7-14(21-15)13(2)19/h7-8,12H,3-6,9-11H2,1-2H3,(H,17,20)/t12-/m0/s1. The Kier molecular flexibility index (Phi) is 5.94. The quantitative estimate of drug-likeness (QED) is 0.649. The highest BCUT2D eigenvalue weighted by atomic mass is 32.1. The average molecular weight is 308 g/mol. The maximum absolute atomic E-state index is 12.0. The topological polar surface area (TPSA) is 49.4 Å². The molecule has 0 unspecified atom stereocenters. The molecule has 0 radical (unpaired) electrons. The van der Waals surface area contributed by atoms with Gasteiger partial charge in [0, 0.05) is 19.1 Å². The lowest BCUT2D eigenvalue weighted by molar-refractivity contribution is 0.0952. The van der Waals surface area contributed by atoms with Crippen LogP contribution >= 0.6 is 11.3 Å². The van der Waals surface area contributed by atoms with E-state index in [-0.39, 0.29) is 11.7 Å². The van der Waals surface area contributed by atoms with E-state index in [4.69, 9.17) is 0 Å². The molecule has 1 N–H and O–H groups in total. The summed E-state index contributed by atoms with van der Waals surface area (Å²) < 4.78 is 0. The maximum atomic E-state index is 12.0. The largest absolute Gasteiger partial charge is 0.351 e. The van der Waals surface area contributed by atoms with Crippen molar-refractivity contribution in [3.8, 4) is 0 Å². The minimum atomic E-state index is -0.0702. The molecule has 0 bridgehead atoms. The number of hydrogen-bond donors (Lipinski definition) is 1. The van der Waals surface area contributed by atoms with Crippen molar-refractivity contribution in [2.75, 3.05) is 19.6 Å². The second kappa shape index (κ2) is 7.71. The number of nitrogens with zero attached hydrogens (tertiary/aromatic N) is 1. The van der Waals surface area contributed by atoms with Crippen molar-refractivity contribution < 1.29 is 9.59 Å². The monoisotopic (exact) mass is 308 g/mol. The average Bonchev–Trinajstić information content (AvgIpc) is 2.95. The van der Waals surface area contributed by atoms with Gasteiger partial charge < -0.3 is 10.2 Å². The Morgan fingerprint density at radius 1 is 1.33 bits per heavy atom. The van der Waals surface area contributed by atoms with Crippen LogP contribution in [0, 0.1) is 0 Å². The molecule has 1 aliphatic rings. The Morgan fingerprint density at radius 3 is 2.76 bits per heavy atom. The van der Waals surface area contributed by atoms with Crippen LogP contribution in [0.1, 0.15) is 58.9 Å². The first kappa shape index (κ1) is 16.2. The van der Waals surface area contributed by atoms with Gasteiger partial charge >= 0.3 is 0 Å². The number of hydrogen-bond acceptors (Lipinski definition) is 4. The molecule has 2 heterocycles. The highest BCUT2D eigenvalue weighted by Gasteiger charge is 2.17. The van der Waals surface area contributed by atoms with Crippen LogP contribution in [0.2, 0.25) is 0 Å². The SMILES string of the molecule is CC(=O)c1ccc(C(=O)NCCCN2CCCC[C@@H]2C)s1. The number of likely N-dealkylation sites (tertiary alicyclic amines) is 1. The molecule has 2 rings (SSSR count). The first-order chi connectivity index (χ1) is 10.1. The van der Waals surface area contributed by atoms with Crippen molar-refractivity contribution in [2.24, 2.45) is 0 Å². The molecule has 1 aromatic heterocycles. The van der Waals surface area contributed by atoms with Crippen LogP contribution < -0.4 is 5.32 Å². The minimum Gasteiger partial charge on any atom is -0.351 e. The van der Waals surface area contributed by atoms with Crippen LogP contribution in [0.5, 0.6) is 0 Å². The van der Waals surface area contributed by atoms with Gasteiger partial charge in [-0.1, -0.05) is 6.42 Å². The summed E-state index contributed by atoms with van der Waals surface area (Å²) in [7, 11) is 0. The number of carbonyl (C=O) groups is 2. The van der Waals surface area contributed by atoms with Crippen molar-refractivity contribution in [1.82, 2.24) is 10.2 Å². The fourth-order valence-corrected chi connectivity index (χ4v) is 3.53. The highest BCUT2D eigenvalue weighted by molar-refractivity contribution is 7.15. The van der Waals surface area contributed by atoms with E-state index in [1.165, 1.54) is 44.1 Å². The summed E-state index contributed by atoms with van der Waals surface area (Å²) in [6, 6.07) is 4.12. The van der Waals surface area contributed by atoms with Gasteiger partial charge in [-0.15, -0.1) is 11.3 Å². The number of thiophene rings is 1. The van der Waals surface area contributed by atoms with Crippen LogP contribution in [0.15, 0.2) is 12.1 Å². The third-order valence-corrected chi connectivity index (χ3v) is 5.21. The van der Waals surface area contributed by atoms with E-state index >= 15 is 0 Å². The molecule has 4 nitrogen and oxygen atoms in total. The first-order valence-corrected chi connectivity index (χ1v) is 8.52. The Morgan fingerprint density at radius 2 is 2.10 bits per heavy atom. The second-order valence-corrected chi connectivity index (χ2v) is 6.79. The van der Waals surface area contributed by atoms with Gasteiger partial charge in [0.05, 0.1) is 9.75 Å². The molecule has 21 heavy (non-hydrogen) atoms. The van der Waals surface area contributed by atoms with Gasteiger partial charge in [0.15, 0.2) is 5.78 Å². The summed E-state index contributed by atoms with van der Waals surface area (Å²) in [5.74, 6) is -0.0580. The van der Waals surface area contributed by atoms with Gasteiger partial charge in [-0.2, -0.15) is 0 Å². The predicted octanol–water partition coefficient (Wildman–Crippen LogP) is 2.95. The van der Waals surface area contributed by atoms with Crippen molar-refractivity contribution in [3.63, 3.8) is 0 Å². The number of nitrogens with one attached hydrogen (secondary N) is 1. The van der Waals surface area contributed by atoms with E-state index < -0.39 is 0 Å². The van der Waals surface area contributed by atoms with Crippen LogP contribution in [0.25, 0.3) is 0 Å². The molecule has 0 aromatic carbocycles. The number of piperidine rings is 1. The molecule has 0 saturated carbocycles. The Labute approximate surface area is 130 Å². The zero-order valence-corrected chi connectivity index (χ0v) is 13.7. The molecule has 1 aromatic rings. The van der Waals surface area contributed by atoms with Gasteiger partial charge in [0.1, 0.15) is 0 Å². The fraction of sp³-hybridized carbons (Fsp3) is 0.625. The van der Waals surface area contributed by atoms with E-state index in [1.807, 2.05) is 0 Å². The number of Topliss-reactive ketones (excluding diaryl/α,β-unsaturated/α-hetero) is 1. The molecule has 1 aliphatic heterocycles. The van der Waals surface area contributed by atoms with Gasteiger partial charge in [0.25, 0.3) is 5.91 Å². The van der Waals surface area contributed by atoms with Crippen molar-refractivity contribution in [1.29, 1.82) is 0 Å². The summed E-state index contributed by atoms with van der Waals surface area (Å²) in [4.78, 5) is 27.0. The van der Waals surface area contributed by atoms with Crippen molar-refractivity contribution in [2.45, 2.75) is 45.6 Å². The van der Waals surface area contributed by atoms with Crippen LogP contribution in [-0.2, 0) is 0 Å². The lowest BCUT2D eigenvalue weighted by atomic mass is 10.0. The van der Waals surface area contributed by atoms with E-state index in [0.29, 0.717) is 22.3 Å². The summed E-state index contributed by atoms with van der Waals surface area (Å²) in [5.41, 5.74) is 0. The lowest BCUT2D eigenvalue weighted by Crippen LogP contribution is -2.39. The molecule has 0 spiro atoms. The molecule has 0 aliphatic carbocycles. The predicted molar refractivity (Wildman–Crippen MR) is 86.2 cm³/mol. The molecule has 116 valence electrons. The zero-order chi connectivity index (χ0) is 15.2. The molecule has 5 heteroatoms. The van der Waals surface area contributed by atoms with Gasteiger partial charge in [0.2, 0.25) is 0 Å². The van der Waals surface area contributed by atoms with E-state index in [1.54, 1.807) is 12.1 Å².